The van der Waals surface area contributed by atoms with Crippen molar-refractivity contribution in [2.75, 3.05) is 15.9 Å². The molecule has 0 saturated carbocycles. The first kappa shape index (κ1) is 21.3. The predicted octanol–water partition coefficient (Wildman–Crippen LogP) is 4.41. The first-order chi connectivity index (χ1) is 14.3. The van der Waals surface area contributed by atoms with E-state index in [1.165, 1.54) is 25.1 Å². The van der Waals surface area contributed by atoms with Crippen molar-refractivity contribution in [3.05, 3.63) is 84.7 Å². The Morgan fingerprint density at radius 2 is 1.57 bits per heavy atom. The van der Waals surface area contributed by atoms with Crippen LogP contribution in [0, 0.1) is 5.82 Å². The van der Waals surface area contributed by atoms with Crippen molar-refractivity contribution < 1.29 is 22.3 Å². The average Bonchev–Trinajstić information content (AvgIpc) is 2.71. The second-order valence-corrected chi connectivity index (χ2v) is 8.45. The number of hydrogen-bond acceptors (Lipinski definition) is 4. The third-order valence-corrected chi connectivity index (χ3v) is 5.52. The van der Waals surface area contributed by atoms with Gasteiger partial charge in [0.1, 0.15) is 17.6 Å². The Balaban J connectivity index is 1.87. The number of hydrogen-bond donors (Lipinski definition) is 1. The monoisotopic (exact) mass is 428 g/mol. The molecule has 3 aromatic rings. The largest absolute Gasteiger partial charge is 0.455 e. The Morgan fingerprint density at radius 1 is 0.967 bits per heavy atom. The fourth-order valence-corrected chi connectivity index (χ4v) is 4.10. The highest BCUT2D eigenvalue weighted by Gasteiger charge is 2.31. The average molecular weight is 428 g/mol. The highest BCUT2D eigenvalue weighted by atomic mass is 32.2. The van der Waals surface area contributed by atoms with Crippen LogP contribution in [0.3, 0.4) is 0 Å². The van der Waals surface area contributed by atoms with Crippen molar-refractivity contribution >= 4 is 27.3 Å². The van der Waals surface area contributed by atoms with Crippen LogP contribution in [-0.2, 0) is 14.8 Å². The SMILES string of the molecule is CC(C(=O)Nc1ccccc1Oc1ccccc1)N(c1ccccc1F)S(C)(=O)=O. The number of para-hydroxylation sites is 4. The number of amides is 1. The Hall–Kier alpha value is -3.39. The van der Waals surface area contributed by atoms with Gasteiger partial charge in [-0.25, -0.2) is 12.8 Å². The maximum atomic E-state index is 14.3. The minimum atomic E-state index is -3.93. The minimum absolute atomic E-state index is 0.198. The van der Waals surface area contributed by atoms with Crippen LogP contribution in [0.5, 0.6) is 11.5 Å². The van der Waals surface area contributed by atoms with E-state index in [4.69, 9.17) is 4.74 Å². The molecule has 8 heteroatoms. The second kappa shape index (κ2) is 8.96. The molecule has 1 unspecified atom stereocenters. The van der Waals surface area contributed by atoms with Gasteiger partial charge in [-0.1, -0.05) is 42.5 Å². The van der Waals surface area contributed by atoms with Gasteiger partial charge in [-0.15, -0.1) is 0 Å². The fraction of sp³-hybridized carbons (Fsp3) is 0.136. The quantitative estimate of drug-likeness (QED) is 0.605. The summed E-state index contributed by atoms with van der Waals surface area (Å²) in [5, 5.41) is 2.68. The molecule has 156 valence electrons. The zero-order chi connectivity index (χ0) is 21.7. The maximum absolute atomic E-state index is 14.3. The summed E-state index contributed by atoms with van der Waals surface area (Å²) in [6.45, 7) is 1.39. The van der Waals surface area contributed by atoms with Crippen molar-refractivity contribution in [2.24, 2.45) is 0 Å². The third kappa shape index (κ3) is 4.96. The van der Waals surface area contributed by atoms with Crippen molar-refractivity contribution in [2.45, 2.75) is 13.0 Å². The first-order valence-corrected chi connectivity index (χ1v) is 11.0. The molecule has 0 aliphatic carbocycles. The number of nitrogens with zero attached hydrogens (tertiary/aromatic N) is 1. The number of anilines is 2. The molecule has 0 aliphatic heterocycles. The van der Waals surface area contributed by atoms with Gasteiger partial charge in [0.25, 0.3) is 0 Å². The van der Waals surface area contributed by atoms with Gasteiger partial charge in [0.15, 0.2) is 5.75 Å². The molecule has 3 aromatic carbocycles. The summed E-state index contributed by atoms with van der Waals surface area (Å²) >= 11 is 0. The normalized spacial score (nSPS) is 12.1. The summed E-state index contributed by atoms with van der Waals surface area (Å²) in [6.07, 6.45) is 0.926. The Morgan fingerprint density at radius 3 is 2.23 bits per heavy atom. The lowest BCUT2D eigenvalue weighted by atomic mass is 10.2. The topological polar surface area (TPSA) is 75.7 Å². The summed E-state index contributed by atoms with van der Waals surface area (Å²) in [5.41, 5.74) is 0.164. The number of carbonyl (C=O) groups excluding carboxylic acids is 1. The van der Waals surface area contributed by atoms with Gasteiger partial charge in [-0.2, -0.15) is 0 Å². The van der Waals surface area contributed by atoms with E-state index in [1.807, 2.05) is 18.2 Å². The zero-order valence-electron chi connectivity index (χ0n) is 16.4. The smallest absolute Gasteiger partial charge is 0.248 e. The number of carbonyl (C=O) groups is 1. The summed E-state index contributed by atoms with van der Waals surface area (Å²) in [4.78, 5) is 12.9. The lowest BCUT2D eigenvalue weighted by Gasteiger charge is -2.28. The van der Waals surface area contributed by atoms with Gasteiger partial charge in [0.05, 0.1) is 17.6 Å². The van der Waals surface area contributed by atoms with Gasteiger partial charge < -0.3 is 10.1 Å². The van der Waals surface area contributed by atoms with Crippen LogP contribution in [0.2, 0.25) is 0 Å². The van der Waals surface area contributed by atoms with Crippen molar-refractivity contribution in [3.63, 3.8) is 0 Å². The van der Waals surface area contributed by atoms with Crippen molar-refractivity contribution in [3.8, 4) is 11.5 Å². The Bertz CT molecular complexity index is 1140. The number of halogens is 1. The zero-order valence-corrected chi connectivity index (χ0v) is 17.3. The molecule has 1 atom stereocenters. The molecule has 0 fully saturated rings. The van der Waals surface area contributed by atoms with Crippen LogP contribution in [0.15, 0.2) is 78.9 Å². The number of ether oxygens (including phenoxy) is 1. The lowest BCUT2D eigenvalue weighted by Crippen LogP contribution is -2.45. The van der Waals surface area contributed by atoms with E-state index in [0.29, 0.717) is 17.2 Å². The number of nitrogens with one attached hydrogen (secondary N) is 1. The van der Waals surface area contributed by atoms with E-state index in [1.54, 1.807) is 36.4 Å². The summed E-state index contributed by atoms with van der Waals surface area (Å²) in [6, 6.07) is 20.0. The lowest BCUT2D eigenvalue weighted by molar-refractivity contribution is -0.116. The van der Waals surface area contributed by atoms with Gasteiger partial charge >= 0.3 is 0 Å². The molecular weight excluding hydrogens is 407 g/mol. The van der Waals surface area contributed by atoms with Gasteiger partial charge in [-0.05, 0) is 43.3 Å². The molecule has 0 saturated heterocycles. The van der Waals surface area contributed by atoms with Crippen LogP contribution < -0.4 is 14.4 Å². The third-order valence-electron chi connectivity index (χ3n) is 4.29. The summed E-state index contributed by atoms with van der Waals surface area (Å²) in [7, 11) is -3.93. The van der Waals surface area contributed by atoms with Crippen molar-refractivity contribution in [1.82, 2.24) is 0 Å². The Labute approximate surface area is 175 Å². The standard InChI is InChI=1S/C22H21FN2O4S/c1-16(25(30(2,27)28)20-14-8-6-12-18(20)23)22(26)24-19-13-7-9-15-21(19)29-17-10-4-3-5-11-17/h3-16H,1-2H3,(H,24,26). The molecule has 1 amide bonds. The Kier molecular flexibility index (Phi) is 6.37. The van der Waals surface area contributed by atoms with E-state index in [-0.39, 0.29) is 5.69 Å². The predicted molar refractivity (Wildman–Crippen MR) is 115 cm³/mol. The van der Waals surface area contributed by atoms with Crippen LogP contribution in [-0.4, -0.2) is 26.6 Å². The van der Waals surface area contributed by atoms with E-state index in [0.717, 1.165) is 16.6 Å². The number of sulfonamides is 1. The molecule has 0 bridgehead atoms. The van der Waals surface area contributed by atoms with E-state index < -0.39 is 27.8 Å². The molecule has 1 N–H and O–H groups in total. The molecule has 0 heterocycles. The maximum Gasteiger partial charge on any atom is 0.248 e. The van der Waals surface area contributed by atoms with Crippen LogP contribution in [0.25, 0.3) is 0 Å². The van der Waals surface area contributed by atoms with Gasteiger partial charge in [0.2, 0.25) is 15.9 Å². The summed E-state index contributed by atoms with van der Waals surface area (Å²) < 4.78 is 45.5. The number of rotatable bonds is 7. The van der Waals surface area contributed by atoms with Crippen LogP contribution >= 0.6 is 0 Å². The molecule has 3 rings (SSSR count). The highest BCUT2D eigenvalue weighted by Crippen LogP contribution is 2.30. The molecule has 30 heavy (non-hydrogen) atoms. The van der Waals surface area contributed by atoms with Gasteiger partial charge in [0, 0.05) is 0 Å². The highest BCUT2D eigenvalue weighted by molar-refractivity contribution is 7.92. The van der Waals surface area contributed by atoms with Crippen molar-refractivity contribution in [1.29, 1.82) is 0 Å². The summed E-state index contributed by atoms with van der Waals surface area (Å²) in [5.74, 6) is -0.402. The molecule has 0 aliphatic rings. The van der Waals surface area contributed by atoms with E-state index in [2.05, 4.69) is 5.32 Å². The van der Waals surface area contributed by atoms with Gasteiger partial charge in [-0.3, -0.25) is 9.10 Å². The molecule has 0 radical (unpaired) electrons. The molecule has 0 spiro atoms. The minimum Gasteiger partial charge on any atom is -0.455 e. The molecular formula is C22H21FN2O4S. The number of benzene rings is 3. The fourth-order valence-electron chi connectivity index (χ4n) is 2.92. The molecule has 0 aromatic heterocycles. The molecule has 6 nitrogen and oxygen atoms in total. The van der Waals surface area contributed by atoms with E-state index >= 15 is 0 Å². The second-order valence-electron chi connectivity index (χ2n) is 6.59. The van der Waals surface area contributed by atoms with E-state index in [9.17, 15) is 17.6 Å². The van der Waals surface area contributed by atoms with Crippen LogP contribution in [0.4, 0.5) is 15.8 Å². The van der Waals surface area contributed by atoms with Crippen LogP contribution in [0.1, 0.15) is 6.92 Å². The first-order valence-electron chi connectivity index (χ1n) is 9.14.